The molecule has 1 fully saturated rings. The predicted octanol–water partition coefficient (Wildman–Crippen LogP) is 3.75. The van der Waals surface area contributed by atoms with Gasteiger partial charge in [-0.05, 0) is 36.1 Å². The Morgan fingerprint density at radius 2 is 1.91 bits per heavy atom. The SMILES string of the molecule is CNC(=O)c1ccc(C(C)CNc2cc(-c3ccc(C4(CO)CC4)cc3)ncn2)c(OC)c1. The topological polar surface area (TPSA) is 96.4 Å². The van der Waals surface area contributed by atoms with Gasteiger partial charge >= 0.3 is 0 Å². The molecular formula is C26H30N4O3. The van der Waals surface area contributed by atoms with E-state index in [-0.39, 0.29) is 23.8 Å². The third kappa shape index (κ3) is 4.83. The molecule has 0 spiro atoms. The van der Waals surface area contributed by atoms with Crippen LogP contribution < -0.4 is 15.4 Å². The van der Waals surface area contributed by atoms with Crippen LogP contribution in [0.25, 0.3) is 11.3 Å². The summed E-state index contributed by atoms with van der Waals surface area (Å²) in [5.74, 6) is 1.41. The number of aromatic nitrogens is 2. The van der Waals surface area contributed by atoms with Crippen molar-refractivity contribution in [3.63, 3.8) is 0 Å². The summed E-state index contributed by atoms with van der Waals surface area (Å²) in [6.45, 7) is 2.94. The Labute approximate surface area is 194 Å². The first-order valence-electron chi connectivity index (χ1n) is 11.2. The third-order valence-electron chi connectivity index (χ3n) is 6.46. The Balaban J connectivity index is 1.44. The molecule has 2 aromatic carbocycles. The summed E-state index contributed by atoms with van der Waals surface area (Å²) in [5.41, 5.74) is 4.58. The number of amides is 1. The Morgan fingerprint density at radius 3 is 2.55 bits per heavy atom. The van der Waals surface area contributed by atoms with Crippen LogP contribution in [0.5, 0.6) is 5.75 Å². The molecule has 7 heteroatoms. The van der Waals surface area contributed by atoms with Crippen LogP contribution in [0, 0.1) is 0 Å². The van der Waals surface area contributed by atoms with E-state index in [1.165, 1.54) is 5.56 Å². The highest BCUT2D eigenvalue weighted by atomic mass is 16.5. The van der Waals surface area contributed by atoms with E-state index in [9.17, 15) is 9.90 Å². The van der Waals surface area contributed by atoms with E-state index in [1.807, 2.05) is 18.2 Å². The lowest BCUT2D eigenvalue weighted by atomic mass is 9.95. The van der Waals surface area contributed by atoms with E-state index in [0.29, 0.717) is 17.9 Å². The van der Waals surface area contributed by atoms with Crippen molar-refractivity contribution in [3.05, 3.63) is 71.5 Å². The van der Waals surface area contributed by atoms with Crippen molar-refractivity contribution >= 4 is 11.7 Å². The van der Waals surface area contributed by atoms with Crippen molar-refractivity contribution in [1.82, 2.24) is 15.3 Å². The largest absolute Gasteiger partial charge is 0.496 e. The third-order valence-corrected chi connectivity index (χ3v) is 6.46. The van der Waals surface area contributed by atoms with Gasteiger partial charge in [0.2, 0.25) is 0 Å². The summed E-state index contributed by atoms with van der Waals surface area (Å²) in [5, 5.41) is 15.7. The maximum absolute atomic E-state index is 11.9. The molecule has 1 aliphatic carbocycles. The van der Waals surface area contributed by atoms with Crippen LogP contribution in [0.3, 0.4) is 0 Å². The normalized spacial score (nSPS) is 14.9. The quantitative estimate of drug-likeness (QED) is 0.463. The fourth-order valence-electron chi connectivity index (χ4n) is 4.07. The van der Waals surface area contributed by atoms with Crippen LogP contribution in [0.15, 0.2) is 54.9 Å². The fourth-order valence-corrected chi connectivity index (χ4v) is 4.07. The number of ether oxygens (including phenoxy) is 1. The van der Waals surface area contributed by atoms with Gasteiger partial charge in [-0.3, -0.25) is 4.79 Å². The molecule has 0 aliphatic heterocycles. The highest BCUT2D eigenvalue weighted by Crippen LogP contribution is 2.47. The van der Waals surface area contributed by atoms with Gasteiger partial charge in [0.1, 0.15) is 17.9 Å². The van der Waals surface area contributed by atoms with E-state index >= 15 is 0 Å². The summed E-state index contributed by atoms with van der Waals surface area (Å²) in [6, 6.07) is 15.7. The van der Waals surface area contributed by atoms with Gasteiger partial charge in [0.15, 0.2) is 0 Å². The van der Waals surface area contributed by atoms with E-state index in [1.54, 1.807) is 26.6 Å². The highest BCUT2D eigenvalue weighted by molar-refractivity contribution is 5.94. The van der Waals surface area contributed by atoms with Crippen molar-refractivity contribution < 1.29 is 14.6 Å². The number of nitrogens with one attached hydrogen (secondary N) is 2. The van der Waals surface area contributed by atoms with Gasteiger partial charge in [0.05, 0.1) is 19.4 Å². The fraction of sp³-hybridized carbons (Fsp3) is 0.346. The maximum Gasteiger partial charge on any atom is 0.251 e. The lowest BCUT2D eigenvalue weighted by Crippen LogP contribution is -2.18. The van der Waals surface area contributed by atoms with Crippen molar-refractivity contribution in [2.24, 2.45) is 0 Å². The number of carbonyl (C=O) groups is 1. The number of aliphatic hydroxyl groups excluding tert-OH is 1. The molecule has 1 unspecified atom stereocenters. The zero-order chi connectivity index (χ0) is 23.4. The van der Waals surface area contributed by atoms with E-state index in [2.05, 4.69) is 51.8 Å². The second-order valence-corrected chi connectivity index (χ2v) is 8.62. The molecule has 3 aromatic rings. The average Bonchev–Trinajstić information content (AvgIpc) is 3.68. The molecule has 1 amide bonds. The number of hydrogen-bond acceptors (Lipinski definition) is 6. The number of nitrogens with zero attached hydrogens (tertiary/aromatic N) is 2. The van der Waals surface area contributed by atoms with Crippen molar-refractivity contribution in [2.45, 2.75) is 31.1 Å². The molecule has 7 nitrogen and oxygen atoms in total. The summed E-state index contributed by atoms with van der Waals surface area (Å²) in [4.78, 5) is 20.7. The second-order valence-electron chi connectivity index (χ2n) is 8.62. The number of rotatable bonds is 9. The molecule has 3 N–H and O–H groups in total. The smallest absolute Gasteiger partial charge is 0.251 e. The lowest BCUT2D eigenvalue weighted by molar-refractivity contribution is 0.0962. The van der Waals surface area contributed by atoms with Gasteiger partial charge in [0.25, 0.3) is 5.91 Å². The number of benzene rings is 2. The predicted molar refractivity (Wildman–Crippen MR) is 129 cm³/mol. The van der Waals surface area contributed by atoms with Gasteiger partial charge < -0.3 is 20.5 Å². The zero-order valence-corrected chi connectivity index (χ0v) is 19.3. The van der Waals surface area contributed by atoms with Crippen LogP contribution in [-0.2, 0) is 5.41 Å². The van der Waals surface area contributed by atoms with Crippen molar-refractivity contribution in [2.75, 3.05) is 32.6 Å². The van der Waals surface area contributed by atoms with Crippen LogP contribution in [-0.4, -0.2) is 48.3 Å². The van der Waals surface area contributed by atoms with Gasteiger partial charge in [-0.1, -0.05) is 37.3 Å². The molecule has 172 valence electrons. The minimum Gasteiger partial charge on any atom is -0.496 e. The molecule has 0 saturated heterocycles. The summed E-state index contributed by atoms with van der Waals surface area (Å²) >= 11 is 0. The van der Waals surface area contributed by atoms with Gasteiger partial charge in [-0.15, -0.1) is 0 Å². The Hall–Kier alpha value is -3.45. The summed E-state index contributed by atoms with van der Waals surface area (Å²) in [6.07, 6.45) is 3.65. The molecule has 0 radical (unpaired) electrons. The Bertz CT molecular complexity index is 1130. The molecule has 1 atom stereocenters. The van der Waals surface area contributed by atoms with Crippen molar-refractivity contribution in [3.8, 4) is 17.0 Å². The molecular weight excluding hydrogens is 416 g/mol. The molecule has 0 bridgehead atoms. The van der Waals surface area contributed by atoms with E-state index in [4.69, 9.17) is 4.74 Å². The number of aliphatic hydroxyl groups is 1. The number of carbonyl (C=O) groups excluding carboxylic acids is 1. The van der Waals surface area contributed by atoms with Crippen LogP contribution in [0.2, 0.25) is 0 Å². The maximum atomic E-state index is 11.9. The minimum absolute atomic E-state index is 0.0351. The van der Waals surface area contributed by atoms with Crippen molar-refractivity contribution in [1.29, 1.82) is 0 Å². The summed E-state index contributed by atoms with van der Waals surface area (Å²) < 4.78 is 5.53. The molecule has 1 heterocycles. The Morgan fingerprint density at radius 1 is 1.15 bits per heavy atom. The highest BCUT2D eigenvalue weighted by Gasteiger charge is 2.43. The molecule has 1 aliphatic rings. The number of methoxy groups -OCH3 is 1. The molecule has 4 rings (SSSR count). The van der Waals surface area contributed by atoms with E-state index in [0.717, 1.165) is 35.5 Å². The second kappa shape index (κ2) is 9.58. The summed E-state index contributed by atoms with van der Waals surface area (Å²) in [7, 11) is 3.22. The zero-order valence-electron chi connectivity index (χ0n) is 19.3. The van der Waals surface area contributed by atoms with Crippen LogP contribution in [0.1, 0.15) is 47.2 Å². The molecule has 1 saturated carbocycles. The molecule has 1 aromatic heterocycles. The van der Waals surface area contributed by atoms with Gasteiger partial charge in [0, 0.05) is 42.1 Å². The standard InChI is InChI=1S/C26H30N4O3/c1-17(21-9-6-19(25(32)27-2)12-23(21)33-3)14-28-24-13-22(29-16-30-24)18-4-7-20(8-5-18)26(15-31)10-11-26/h4-9,12-13,16-17,31H,10-11,14-15H2,1-3H3,(H,27,32)(H,28,29,30). The lowest BCUT2D eigenvalue weighted by Gasteiger charge is -2.18. The number of anilines is 1. The average molecular weight is 447 g/mol. The Kier molecular flexibility index (Phi) is 6.60. The number of hydrogen-bond donors (Lipinski definition) is 3. The first kappa shape index (κ1) is 22.7. The van der Waals surface area contributed by atoms with Crippen LogP contribution >= 0.6 is 0 Å². The minimum atomic E-state index is -0.143. The van der Waals surface area contributed by atoms with E-state index < -0.39 is 0 Å². The van der Waals surface area contributed by atoms with Gasteiger partial charge in [-0.25, -0.2) is 9.97 Å². The van der Waals surface area contributed by atoms with Gasteiger partial charge in [-0.2, -0.15) is 0 Å². The first-order valence-corrected chi connectivity index (χ1v) is 11.2. The first-order chi connectivity index (χ1) is 16.0. The van der Waals surface area contributed by atoms with Crippen LogP contribution in [0.4, 0.5) is 5.82 Å². The molecule has 33 heavy (non-hydrogen) atoms. The monoisotopic (exact) mass is 446 g/mol.